The zero-order valence-corrected chi connectivity index (χ0v) is 13.4. The van der Waals surface area contributed by atoms with E-state index in [9.17, 15) is 10.1 Å². The number of nitriles is 1. The SMILES string of the molecule is N#Cc1cccc(-n2c(-c3ccccc3)cc(=O)c3ccccc32)c1. The molecule has 0 amide bonds. The van der Waals surface area contributed by atoms with Crippen molar-refractivity contribution >= 4 is 10.9 Å². The Morgan fingerprint density at radius 1 is 0.800 bits per heavy atom. The van der Waals surface area contributed by atoms with Crippen LogP contribution in [0.5, 0.6) is 0 Å². The molecule has 0 fully saturated rings. The molecule has 0 aliphatic carbocycles. The highest BCUT2D eigenvalue weighted by Crippen LogP contribution is 2.27. The fourth-order valence-corrected chi connectivity index (χ4v) is 3.09. The van der Waals surface area contributed by atoms with Gasteiger partial charge in [-0.05, 0) is 35.9 Å². The first kappa shape index (κ1) is 14.9. The Morgan fingerprint density at radius 3 is 2.36 bits per heavy atom. The van der Waals surface area contributed by atoms with Crippen molar-refractivity contribution in [1.29, 1.82) is 5.26 Å². The Hall–Kier alpha value is -3.64. The molecule has 0 N–H and O–H groups in total. The zero-order chi connectivity index (χ0) is 17.2. The first-order chi connectivity index (χ1) is 12.3. The van der Waals surface area contributed by atoms with Gasteiger partial charge < -0.3 is 4.57 Å². The van der Waals surface area contributed by atoms with Crippen LogP contribution in [0.2, 0.25) is 0 Å². The van der Waals surface area contributed by atoms with Gasteiger partial charge in [-0.2, -0.15) is 5.26 Å². The summed E-state index contributed by atoms with van der Waals surface area (Å²) in [6, 6.07) is 28.6. The van der Waals surface area contributed by atoms with Crippen LogP contribution in [-0.4, -0.2) is 4.57 Å². The third-order valence-corrected chi connectivity index (χ3v) is 4.22. The first-order valence-corrected chi connectivity index (χ1v) is 7.99. The summed E-state index contributed by atoms with van der Waals surface area (Å²) in [7, 11) is 0. The predicted octanol–water partition coefficient (Wildman–Crippen LogP) is 4.53. The van der Waals surface area contributed by atoms with Crippen LogP contribution >= 0.6 is 0 Å². The van der Waals surface area contributed by atoms with Gasteiger partial charge in [-0.25, -0.2) is 0 Å². The lowest BCUT2D eigenvalue weighted by Crippen LogP contribution is -2.10. The van der Waals surface area contributed by atoms with Crippen LogP contribution in [0.4, 0.5) is 0 Å². The number of benzene rings is 3. The molecule has 0 spiro atoms. The van der Waals surface area contributed by atoms with Crippen molar-refractivity contribution in [2.75, 3.05) is 0 Å². The number of hydrogen-bond donors (Lipinski definition) is 0. The van der Waals surface area contributed by atoms with E-state index in [1.54, 1.807) is 12.1 Å². The van der Waals surface area contributed by atoms with E-state index in [2.05, 4.69) is 6.07 Å². The Labute approximate surface area is 145 Å². The summed E-state index contributed by atoms with van der Waals surface area (Å²) in [5, 5.41) is 9.90. The number of rotatable bonds is 2. The molecule has 0 atom stereocenters. The lowest BCUT2D eigenvalue weighted by molar-refractivity contribution is 1.10. The van der Waals surface area contributed by atoms with Gasteiger partial charge in [-0.15, -0.1) is 0 Å². The van der Waals surface area contributed by atoms with Crippen molar-refractivity contribution in [1.82, 2.24) is 4.57 Å². The van der Waals surface area contributed by atoms with E-state index in [0.29, 0.717) is 10.9 Å². The van der Waals surface area contributed by atoms with Gasteiger partial charge in [-0.3, -0.25) is 4.79 Å². The summed E-state index contributed by atoms with van der Waals surface area (Å²) in [5.41, 5.74) is 4.01. The highest BCUT2D eigenvalue weighted by atomic mass is 16.1. The number of hydrogen-bond acceptors (Lipinski definition) is 2. The second kappa shape index (κ2) is 6.10. The lowest BCUT2D eigenvalue weighted by atomic mass is 10.1. The average molecular weight is 322 g/mol. The molecule has 0 aliphatic heterocycles. The normalized spacial score (nSPS) is 10.5. The Balaban J connectivity index is 2.15. The lowest BCUT2D eigenvalue weighted by Gasteiger charge is -2.17. The smallest absolute Gasteiger partial charge is 0.190 e. The van der Waals surface area contributed by atoms with Gasteiger partial charge >= 0.3 is 0 Å². The van der Waals surface area contributed by atoms with Crippen molar-refractivity contribution in [3.8, 4) is 23.0 Å². The molecule has 0 unspecified atom stereocenters. The maximum absolute atomic E-state index is 12.6. The molecule has 3 heteroatoms. The summed E-state index contributed by atoms with van der Waals surface area (Å²) >= 11 is 0. The number of fused-ring (bicyclic) bond motifs is 1. The Bertz CT molecular complexity index is 1170. The minimum Gasteiger partial charge on any atom is -0.309 e. The van der Waals surface area contributed by atoms with Crippen molar-refractivity contribution in [2.45, 2.75) is 0 Å². The maximum Gasteiger partial charge on any atom is 0.190 e. The van der Waals surface area contributed by atoms with Gasteiger partial charge in [0.1, 0.15) is 0 Å². The monoisotopic (exact) mass is 322 g/mol. The number of nitrogens with zero attached hydrogens (tertiary/aromatic N) is 2. The highest BCUT2D eigenvalue weighted by Gasteiger charge is 2.12. The van der Waals surface area contributed by atoms with E-state index in [4.69, 9.17) is 0 Å². The van der Waals surface area contributed by atoms with Crippen LogP contribution in [0.1, 0.15) is 5.56 Å². The molecule has 0 saturated heterocycles. The highest BCUT2D eigenvalue weighted by molar-refractivity contribution is 5.84. The minimum absolute atomic E-state index is 0.0119. The standard InChI is InChI=1S/C22H14N2O/c23-15-16-7-6-10-18(13-16)24-20-12-5-4-11-19(20)22(25)14-21(24)17-8-2-1-3-9-17/h1-14H. The molecule has 0 radical (unpaired) electrons. The number of para-hydroxylation sites is 1. The molecule has 4 rings (SSSR count). The molecule has 25 heavy (non-hydrogen) atoms. The maximum atomic E-state index is 12.6. The van der Waals surface area contributed by atoms with E-state index in [1.807, 2.05) is 77.4 Å². The van der Waals surface area contributed by atoms with Crippen molar-refractivity contribution in [2.24, 2.45) is 0 Å². The molecule has 3 nitrogen and oxygen atoms in total. The quantitative estimate of drug-likeness (QED) is 0.544. The molecule has 0 aliphatic rings. The van der Waals surface area contributed by atoms with E-state index < -0.39 is 0 Å². The summed E-state index contributed by atoms with van der Waals surface area (Å²) in [4.78, 5) is 12.6. The fraction of sp³-hybridized carbons (Fsp3) is 0. The van der Waals surface area contributed by atoms with Gasteiger partial charge in [0, 0.05) is 17.1 Å². The summed E-state index contributed by atoms with van der Waals surface area (Å²) in [6.45, 7) is 0. The van der Waals surface area contributed by atoms with Gasteiger partial charge in [-0.1, -0.05) is 48.5 Å². The van der Waals surface area contributed by atoms with Crippen LogP contribution < -0.4 is 5.43 Å². The molecule has 1 heterocycles. The number of pyridine rings is 1. The van der Waals surface area contributed by atoms with Crippen LogP contribution in [0.15, 0.2) is 89.7 Å². The zero-order valence-electron chi connectivity index (χ0n) is 13.4. The average Bonchev–Trinajstić information content (AvgIpc) is 2.68. The molecule has 1 aromatic heterocycles. The third-order valence-electron chi connectivity index (χ3n) is 4.22. The van der Waals surface area contributed by atoms with Crippen LogP contribution in [0, 0.1) is 11.3 Å². The first-order valence-electron chi connectivity index (χ1n) is 7.99. The molecule has 118 valence electrons. The van der Waals surface area contributed by atoms with E-state index in [-0.39, 0.29) is 5.43 Å². The van der Waals surface area contributed by atoms with Gasteiger partial charge in [0.25, 0.3) is 0 Å². The molecule has 0 saturated carbocycles. The Morgan fingerprint density at radius 2 is 1.56 bits per heavy atom. The predicted molar refractivity (Wildman–Crippen MR) is 99.7 cm³/mol. The fourth-order valence-electron chi connectivity index (χ4n) is 3.09. The van der Waals surface area contributed by atoms with Gasteiger partial charge in [0.2, 0.25) is 0 Å². The molecule has 0 bridgehead atoms. The summed E-state index contributed by atoms with van der Waals surface area (Å²) < 4.78 is 2.03. The summed E-state index contributed by atoms with van der Waals surface area (Å²) in [5.74, 6) is 0. The van der Waals surface area contributed by atoms with Crippen molar-refractivity contribution in [3.63, 3.8) is 0 Å². The van der Waals surface area contributed by atoms with Gasteiger partial charge in [0.05, 0.1) is 22.8 Å². The van der Waals surface area contributed by atoms with Crippen molar-refractivity contribution < 1.29 is 0 Å². The van der Waals surface area contributed by atoms with Gasteiger partial charge in [0.15, 0.2) is 5.43 Å². The largest absolute Gasteiger partial charge is 0.309 e. The molecule has 3 aromatic carbocycles. The Kier molecular flexibility index (Phi) is 3.64. The van der Waals surface area contributed by atoms with E-state index >= 15 is 0 Å². The summed E-state index contributed by atoms with van der Waals surface area (Å²) in [6.07, 6.45) is 0. The second-order valence-corrected chi connectivity index (χ2v) is 5.77. The van der Waals surface area contributed by atoms with Crippen LogP contribution in [-0.2, 0) is 0 Å². The van der Waals surface area contributed by atoms with Crippen LogP contribution in [0.3, 0.4) is 0 Å². The molecule has 4 aromatic rings. The third kappa shape index (κ3) is 2.60. The number of aromatic nitrogens is 1. The topological polar surface area (TPSA) is 45.8 Å². The molecular formula is C22H14N2O. The molecular weight excluding hydrogens is 308 g/mol. The van der Waals surface area contributed by atoms with E-state index in [1.165, 1.54) is 0 Å². The minimum atomic E-state index is -0.0119. The van der Waals surface area contributed by atoms with Crippen LogP contribution in [0.25, 0.3) is 27.8 Å². The van der Waals surface area contributed by atoms with E-state index in [0.717, 1.165) is 22.5 Å². The van der Waals surface area contributed by atoms with Crippen molar-refractivity contribution in [3.05, 3.63) is 101 Å². The second-order valence-electron chi connectivity index (χ2n) is 5.77.